The molecule has 1 saturated heterocycles. The number of aromatic nitrogens is 5. The van der Waals surface area contributed by atoms with Crippen LogP contribution in [0.2, 0.25) is 0 Å². The Morgan fingerprint density at radius 2 is 2.18 bits per heavy atom. The van der Waals surface area contributed by atoms with E-state index in [0.29, 0.717) is 17.6 Å². The van der Waals surface area contributed by atoms with Crippen LogP contribution in [0.3, 0.4) is 0 Å². The fraction of sp³-hybridized carbons (Fsp3) is 0.421. The number of amides is 1. The molecule has 9 heteroatoms. The van der Waals surface area contributed by atoms with Crippen molar-refractivity contribution in [3.63, 3.8) is 0 Å². The summed E-state index contributed by atoms with van der Waals surface area (Å²) in [4.78, 5) is 23.4. The molecule has 28 heavy (non-hydrogen) atoms. The van der Waals surface area contributed by atoms with E-state index in [9.17, 15) is 4.79 Å². The molecule has 4 rings (SSSR count). The molecule has 1 aliphatic heterocycles. The molecular weight excluding hydrogens is 358 g/mol. The van der Waals surface area contributed by atoms with Crippen LogP contribution in [0.25, 0.3) is 11.0 Å². The normalized spacial score (nSPS) is 19.3. The van der Waals surface area contributed by atoms with Gasteiger partial charge in [-0.2, -0.15) is 0 Å². The topological polar surface area (TPSA) is 98.1 Å². The third-order valence-electron chi connectivity index (χ3n) is 5.16. The highest BCUT2D eigenvalue weighted by atomic mass is 16.5. The molecule has 146 valence electrons. The molecule has 2 atom stereocenters. The summed E-state index contributed by atoms with van der Waals surface area (Å²) in [5.41, 5.74) is 3.07. The number of nitrogens with zero attached hydrogens (tertiary/aromatic N) is 6. The number of carbonyl (C=O) groups excluding carboxylic acids is 1. The highest BCUT2D eigenvalue weighted by Gasteiger charge is 2.33. The van der Waals surface area contributed by atoms with Gasteiger partial charge >= 0.3 is 0 Å². The van der Waals surface area contributed by atoms with Crippen LogP contribution in [0.5, 0.6) is 0 Å². The summed E-state index contributed by atoms with van der Waals surface area (Å²) in [6.07, 6.45) is 2.49. The van der Waals surface area contributed by atoms with Crippen molar-refractivity contribution in [1.29, 1.82) is 0 Å². The van der Waals surface area contributed by atoms with Crippen LogP contribution in [0, 0.1) is 6.92 Å². The van der Waals surface area contributed by atoms with Crippen molar-refractivity contribution in [2.75, 3.05) is 25.1 Å². The smallest absolute Gasteiger partial charge is 0.251 e. The lowest BCUT2D eigenvalue weighted by atomic mass is 10.1. The minimum Gasteiger partial charge on any atom is -0.380 e. The Kier molecular flexibility index (Phi) is 4.91. The van der Waals surface area contributed by atoms with E-state index in [4.69, 9.17) is 4.74 Å². The molecule has 0 aliphatic carbocycles. The second-order valence-electron chi connectivity index (χ2n) is 7.04. The molecule has 1 fully saturated rings. The van der Waals surface area contributed by atoms with Crippen LogP contribution in [0.4, 0.5) is 5.82 Å². The van der Waals surface area contributed by atoms with Gasteiger partial charge < -0.3 is 15.0 Å². The van der Waals surface area contributed by atoms with Crippen LogP contribution >= 0.6 is 0 Å². The lowest BCUT2D eigenvalue weighted by molar-refractivity contribution is 0.0946. The maximum absolute atomic E-state index is 12.7. The molecular formula is C19H23N7O2. The lowest BCUT2D eigenvalue weighted by Gasteiger charge is -2.25. The van der Waals surface area contributed by atoms with Crippen LogP contribution in [-0.4, -0.2) is 63.2 Å². The number of nitrogens with one attached hydrogen (secondary N) is 1. The molecule has 3 heterocycles. The van der Waals surface area contributed by atoms with Gasteiger partial charge in [0.25, 0.3) is 5.91 Å². The van der Waals surface area contributed by atoms with E-state index < -0.39 is 0 Å². The number of hydrogen-bond donors (Lipinski definition) is 1. The number of methoxy groups -OCH3 is 1. The van der Waals surface area contributed by atoms with Crippen LogP contribution in [-0.2, 0) is 11.8 Å². The number of aryl methyl sites for hydroxylation is 2. The summed E-state index contributed by atoms with van der Waals surface area (Å²) >= 11 is 0. The fourth-order valence-electron chi connectivity index (χ4n) is 3.61. The van der Waals surface area contributed by atoms with Crippen LogP contribution in [0.1, 0.15) is 22.5 Å². The largest absolute Gasteiger partial charge is 0.380 e. The summed E-state index contributed by atoms with van der Waals surface area (Å²) in [6, 6.07) is 7.46. The van der Waals surface area contributed by atoms with E-state index in [1.807, 2.05) is 26.1 Å². The molecule has 0 spiro atoms. The predicted octanol–water partition coefficient (Wildman–Crippen LogP) is 1.09. The number of fused-ring (bicyclic) bond motifs is 1. The molecule has 1 N–H and O–H groups in total. The van der Waals surface area contributed by atoms with Gasteiger partial charge in [-0.1, -0.05) is 5.21 Å². The number of ether oxygens (including phenoxy) is 1. The zero-order valence-corrected chi connectivity index (χ0v) is 16.2. The molecule has 0 unspecified atom stereocenters. The average molecular weight is 381 g/mol. The van der Waals surface area contributed by atoms with Gasteiger partial charge in [0.2, 0.25) is 0 Å². The van der Waals surface area contributed by atoms with E-state index in [-0.39, 0.29) is 18.1 Å². The Labute approximate surface area is 162 Å². The zero-order valence-electron chi connectivity index (χ0n) is 16.2. The van der Waals surface area contributed by atoms with Crippen molar-refractivity contribution < 1.29 is 9.53 Å². The molecule has 1 aromatic carbocycles. The first-order valence-electron chi connectivity index (χ1n) is 9.21. The summed E-state index contributed by atoms with van der Waals surface area (Å²) in [7, 11) is 3.54. The first-order valence-corrected chi connectivity index (χ1v) is 9.21. The van der Waals surface area contributed by atoms with Gasteiger partial charge in [-0.3, -0.25) is 4.79 Å². The van der Waals surface area contributed by atoms with Gasteiger partial charge in [-0.05, 0) is 31.5 Å². The van der Waals surface area contributed by atoms with E-state index in [0.717, 1.165) is 30.0 Å². The Hall–Kier alpha value is -3.07. The summed E-state index contributed by atoms with van der Waals surface area (Å²) in [6.45, 7) is 3.17. The second-order valence-corrected chi connectivity index (χ2v) is 7.04. The van der Waals surface area contributed by atoms with E-state index in [2.05, 4.69) is 30.5 Å². The standard InChI is InChI=1S/C19H23N7O2/c1-12-6-18(22-11-21-12)26-10-15(28-3)8-14(26)9-20-19(27)13-4-5-17-16(7-13)23-24-25(17)2/h4-7,11,14-15H,8-10H2,1-3H3,(H,20,27)/t14-,15-/m1/s1. The fourth-order valence-corrected chi connectivity index (χ4v) is 3.61. The Bertz CT molecular complexity index is 1000. The highest BCUT2D eigenvalue weighted by Crippen LogP contribution is 2.25. The molecule has 1 aliphatic rings. The van der Waals surface area contributed by atoms with Crippen molar-refractivity contribution >= 4 is 22.8 Å². The molecule has 9 nitrogen and oxygen atoms in total. The zero-order chi connectivity index (χ0) is 19.7. The van der Waals surface area contributed by atoms with E-state index >= 15 is 0 Å². The highest BCUT2D eigenvalue weighted by molar-refractivity contribution is 5.97. The summed E-state index contributed by atoms with van der Waals surface area (Å²) < 4.78 is 7.23. The third-order valence-corrected chi connectivity index (χ3v) is 5.16. The van der Waals surface area contributed by atoms with Gasteiger partial charge in [-0.25, -0.2) is 14.6 Å². The molecule has 3 aromatic rings. The van der Waals surface area contributed by atoms with Crippen molar-refractivity contribution in [3.05, 3.63) is 41.9 Å². The maximum Gasteiger partial charge on any atom is 0.251 e. The van der Waals surface area contributed by atoms with Gasteiger partial charge in [0.15, 0.2) is 0 Å². The van der Waals surface area contributed by atoms with Crippen molar-refractivity contribution in [2.24, 2.45) is 7.05 Å². The molecule has 0 bridgehead atoms. The third kappa shape index (κ3) is 3.53. The van der Waals surface area contributed by atoms with Crippen LogP contribution < -0.4 is 10.2 Å². The summed E-state index contributed by atoms with van der Waals surface area (Å²) in [5, 5.41) is 11.1. The molecule has 0 radical (unpaired) electrons. The Morgan fingerprint density at radius 1 is 1.32 bits per heavy atom. The maximum atomic E-state index is 12.7. The first-order chi connectivity index (χ1) is 13.5. The summed E-state index contributed by atoms with van der Waals surface area (Å²) in [5.74, 6) is 0.722. The van der Waals surface area contributed by atoms with Gasteiger partial charge in [0, 0.05) is 44.6 Å². The minimum absolute atomic E-state index is 0.100. The molecule has 0 saturated carbocycles. The second kappa shape index (κ2) is 7.51. The predicted molar refractivity (Wildman–Crippen MR) is 104 cm³/mol. The monoisotopic (exact) mass is 381 g/mol. The molecule has 2 aromatic heterocycles. The lowest BCUT2D eigenvalue weighted by Crippen LogP contribution is -2.40. The SMILES string of the molecule is CO[C@@H]1C[C@H](CNC(=O)c2ccc3c(c2)nnn3C)N(c2cc(C)ncn2)C1. The van der Waals surface area contributed by atoms with Crippen molar-refractivity contribution in [1.82, 2.24) is 30.3 Å². The minimum atomic E-state index is -0.132. The van der Waals surface area contributed by atoms with Gasteiger partial charge in [0.1, 0.15) is 17.7 Å². The van der Waals surface area contributed by atoms with Gasteiger partial charge in [0.05, 0.1) is 17.7 Å². The number of rotatable bonds is 5. The van der Waals surface area contributed by atoms with Gasteiger partial charge in [-0.15, -0.1) is 5.10 Å². The number of benzene rings is 1. The Balaban J connectivity index is 1.47. The van der Waals surface area contributed by atoms with Crippen molar-refractivity contribution in [3.8, 4) is 0 Å². The number of carbonyl (C=O) groups is 1. The Morgan fingerprint density at radius 3 is 2.96 bits per heavy atom. The van der Waals surface area contributed by atoms with E-state index in [1.165, 1.54) is 0 Å². The molecule has 1 amide bonds. The van der Waals surface area contributed by atoms with Crippen LogP contribution in [0.15, 0.2) is 30.6 Å². The van der Waals surface area contributed by atoms with E-state index in [1.54, 1.807) is 30.3 Å². The number of anilines is 1. The average Bonchev–Trinajstić information content (AvgIpc) is 3.29. The quantitative estimate of drug-likeness (QED) is 0.706. The first kappa shape index (κ1) is 18.3. The van der Waals surface area contributed by atoms with Crippen molar-refractivity contribution in [2.45, 2.75) is 25.5 Å². The number of hydrogen-bond acceptors (Lipinski definition) is 7.